The predicted octanol–water partition coefficient (Wildman–Crippen LogP) is 4.81. The number of thioether (sulfide) groups is 1. The summed E-state index contributed by atoms with van der Waals surface area (Å²) in [5.74, 6) is 0. The third kappa shape index (κ3) is 5.98. The van der Waals surface area contributed by atoms with Crippen LogP contribution in [0.15, 0.2) is 53.4 Å². The predicted molar refractivity (Wildman–Crippen MR) is 98.2 cm³/mol. The molecule has 2 aromatic rings. The summed E-state index contributed by atoms with van der Waals surface area (Å²) in [6.45, 7) is 0.848. The van der Waals surface area contributed by atoms with Crippen LogP contribution < -0.4 is 5.32 Å². The number of carbonyl (C=O) groups excluding carboxylic acids is 1. The van der Waals surface area contributed by atoms with E-state index in [0.717, 1.165) is 28.2 Å². The molecule has 0 aromatic heterocycles. The Morgan fingerprint density at radius 3 is 2.15 bits per heavy atom. The van der Waals surface area contributed by atoms with Crippen molar-refractivity contribution in [3.8, 4) is 0 Å². The van der Waals surface area contributed by atoms with E-state index >= 15 is 0 Å². The zero-order valence-corrected chi connectivity index (χ0v) is 15.5. The minimum absolute atomic E-state index is 0.217. The van der Waals surface area contributed by atoms with Gasteiger partial charge in [0.1, 0.15) is 0 Å². The van der Waals surface area contributed by atoms with Gasteiger partial charge in [-0.05, 0) is 48.1 Å². The Kier molecular flexibility index (Phi) is 6.97. The first kappa shape index (κ1) is 20.2. The summed E-state index contributed by atoms with van der Waals surface area (Å²) in [7, 11) is 1.70. The monoisotopic (exact) mass is 382 g/mol. The Balaban J connectivity index is 1.78. The van der Waals surface area contributed by atoms with Gasteiger partial charge in [-0.15, -0.1) is 11.8 Å². The fraction of sp³-hybridized carbons (Fsp3) is 0.316. The van der Waals surface area contributed by atoms with Crippen molar-refractivity contribution in [2.75, 3.05) is 19.8 Å². The molecule has 2 aromatic carbocycles. The van der Waals surface area contributed by atoms with E-state index < -0.39 is 11.7 Å². The normalized spacial score (nSPS) is 11.3. The molecule has 0 atom stereocenters. The van der Waals surface area contributed by atoms with Crippen molar-refractivity contribution in [3.63, 3.8) is 0 Å². The van der Waals surface area contributed by atoms with Gasteiger partial charge in [0.15, 0.2) is 0 Å². The van der Waals surface area contributed by atoms with Crippen molar-refractivity contribution >= 4 is 17.8 Å². The number of benzene rings is 2. The molecule has 26 heavy (non-hydrogen) atoms. The molecule has 0 spiro atoms. The summed E-state index contributed by atoms with van der Waals surface area (Å²) < 4.78 is 37.6. The zero-order chi connectivity index (χ0) is 19.2. The maximum atomic E-state index is 12.5. The molecule has 0 saturated carbocycles. The number of hydrogen-bond acceptors (Lipinski definition) is 2. The van der Waals surface area contributed by atoms with Gasteiger partial charge in [-0.25, -0.2) is 4.79 Å². The third-order valence-electron chi connectivity index (χ3n) is 3.90. The molecule has 0 heterocycles. The summed E-state index contributed by atoms with van der Waals surface area (Å²) >= 11 is 1.66. The molecule has 7 heteroatoms. The fourth-order valence-corrected chi connectivity index (χ4v) is 2.79. The first-order valence-electron chi connectivity index (χ1n) is 8.07. The maximum absolute atomic E-state index is 12.5. The van der Waals surface area contributed by atoms with Crippen LogP contribution in [0.5, 0.6) is 0 Å². The molecule has 0 aliphatic carbocycles. The van der Waals surface area contributed by atoms with E-state index in [0.29, 0.717) is 19.5 Å². The van der Waals surface area contributed by atoms with Crippen LogP contribution in [0.1, 0.15) is 16.7 Å². The van der Waals surface area contributed by atoms with Crippen LogP contribution in [0.2, 0.25) is 0 Å². The Morgan fingerprint density at radius 2 is 1.62 bits per heavy atom. The van der Waals surface area contributed by atoms with Gasteiger partial charge in [-0.1, -0.05) is 24.3 Å². The second-order valence-electron chi connectivity index (χ2n) is 5.88. The van der Waals surface area contributed by atoms with Crippen LogP contribution in [-0.2, 0) is 19.1 Å². The molecular weight excluding hydrogens is 361 g/mol. The summed E-state index contributed by atoms with van der Waals surface area (Å²) in [6.07, 6.45) is -1.85. The van der Waals surface area contributed by atoms with E-state index in [-0.39, 0.29) is 6.03 Å². The van der Waals surface area contributed by atoms with Crippen LogP contribution in [0.4, 0.5) is 18.0 Å². The van der Waals surface area contributed by atoms with Crippen LogP contribution >= 0.6 is 11.8 Å². The highest BCUT2D eigenvalue weighted by atomic mass is 32.2. The first-order valence-corrected chi connectivity index (χ1v) is 9.30. The summed E-state index contributed by atoms with van der Waals surface area (Å²) in [5.41, 5.74) is 1.11. The van der Waals surface area contributed by atoms with Gasteiger partial charge >= 0.3 is 12.2 Å². The van der Waals surface area contributed by atoms with Crippen molar-refractivity contribution in [1.82, 2.24) is 10.2 Å². The van der Waals surface area contributed by atoms with E-state index in [4.69, 9.17) is 0 Å². The summed E-state index contributed by atoms with van der Waals surface area (Å²) in [6, 6.07) is 12.8. The maximum Gasteiger partial charge on any atom is 0.416 e. The lowest BCUT2D eigenvalue weighted by Gasteiger charge is -2.18. The lowest BCUT2D eigenvalue weighted by Crippen LogP contribution is -2.37. The topological polar surface area (TPSA) is 32.3 Å². The number of halogens is 3. The van der Waals surface area contributed by atoms with Crippen molar-refractivity contribution < 1.29 is 18.0 Å². The molecule has 140 valence electrons. The largest absolute Gasteiger partial charge is 0.416 e. The molecule has 2 rings (SSSR count). The Labute approximate surface area is 155 Å². The van der Waals surface area contributed by atoms with E-state index in [1.54, 1.807) is 23.7 Å². The molecule has 0 aliphatic rings. The lowest BCUT2D eigenvalue weighted by atomic mass is 10.1. The van der Waals surface area contributed by atoms with E-state index in [1.165, 1.54) is 12.1 Å². The molecule has 2 amide bonds. The molecular formula is C19H21F3N2OS. The molecule has 1 N–H and O–H groups in total. The molecule has 0 aliphatic heterocycles. The quantitative estimate of drug-likeness (QED) is 0.727. The number of carbonyl (C=O) groups is 1. The molecule has 0 fully saturated rings. The molecule has 0 unspecified atom stereocenters. The summed E-state index contributed by atoms with van der Waals surface area (Å²) in [5, 5.41) is 2.78. The minimum Gasteiger partial charge on any atom is -0.338 e. The van der Waals surface area contributed by atoms with Crippen LogP contribution in [0.3, 0.4) is 0 Å². The highest BCUT2D eigenvalue weighted by Gasteiger charge is 2.29. The SMILES string of the molecule is CSc1ccc(CN(C)C(=O)NCCc2ccc(C(F)(F)F)cc2)cc1. The zero-order valence-electron chi connectivity index (χ0n) is 14.6. The smallest absolute Gasteiger partial charge is 0.338 e. The average Bonchev–Trinajstić information content (AvgIpc) is 2.62. The van der Waals surface area contributed by atoms with Gasteiger partial charge in [-0.2, -0.15) is 13.2 Å². The number of nitrogens with one attached hydrogen (secondary N) is 1. The molecule has 0 bridgehead atoms. The number of rotatable bonds is 6. The number of amides is 2. The number of hydrogen-bond donors (Lipinski definition) is 1. The second kappa shape index (κ2) is 8.98. The Bertz CT molecular complexity index is 715. The Morgan fingerprint density at radius 1 is 1.04 bits per heavy atom. The second-order valence-corrected chi connectivity index (χ2v) is 6.76. The average molecular weight is 382 g/mol. The van der Waals surface area contributed by atoms with Gasteiger partial charge in [0, 0.05) is 25.0 Å². The number of alkyl halides is 3. The highest BCUT2D eigenvalue weighted by molar-refractivity contribution is 7.98. The van der Waals surface area contributed by atoms with Crippen molar-refractivity contribution in [1.29, 1.82) is 0 Å². The van der Waals surface area contributed by atoms with Crippen molar-refractivity contribution in [2.24, 2.45) is 0 Å². The molecule has 3 nitrogen and oxygen atoms in total. The standard InChI is InChI=1S/C19H21F3N2OS/c1-24(13-15-5-9-17(26-2)10-6-15)18(25)23-12-11-14-3-7-16(8-4-14)19(20,21)22/h3-10H,11-13H2,1-2H3,(H,23,25). The minimum atomic E-state index is -4.33. The summed E-state index contributed by atoms with van der Waals surface area (Å²) in [4.78, 5) is 14.8. The van der Waals surface area contributed by atoms with Crippen LogP contribution in [0, 0.1) is 0 Å². The molecule has 0 radical (unpaired) electrons. The van der Waals surface area contributed by atoms with Gasteiger partial charge in [0.05, 0.1) is 5.56 Å². The first-order chi connectivity index (χ1) is 12.3. The molecule has 0 saturated heterocycles. The third-order valence-corrected chi connectivity index (χ3v) is 4.64. The Hall–Kier alpha value is -2.15. The van der Waals surface area contributed by atoms with Crippen molar-refractivity contribution in [2.45, 2.75) is 24.0 Å². The lowest BCUT2D eigenvalue weighted by molar-refractivity contribution is -0.137. The van der Waals surface area contributed by atoms with E-state index in [2.05, 4.69) is 5.32 Å². The van der Waals surface area contributed by atoms with E-state index in [9.17, 15) is 18.0 Å². The van der Waals surface area contributed by atoms with E-state index in [1.807, 2.05) is 30.5 Å². The van der Waals surface area contributed by atoms with Crippen LogP contribution in [-0.4, -0.2) is 30.8 Å². The van der Waals surface area contributed by atoms with Crippen molar-refractivity contribution in [3.05, 3.63) is 65.2 Å². The number of urea groups is 1. The van der Waals surface area contributed by atoms with Gasteiger partial charge in [0.25, 0.3) is 0 Å². The van der Waals surface area contributed by atoms with Gasteiger partial charge in [-0.3, -0.25) is 0 Å². The fourth-order valence-electron chi connectivity index (χ4n) is 2.39. The van der Waals surface area contributed by atoms with Gasteiger partial charge < -0.3 is 10.2 Å². The van der Waals surface area contributed by atoms with Gasteiger partial charge in [0.2, 0.25) is 0 Å². The highest BCUT2D eigenvalue weighted by Crippen LogP contribution is 2.29. The van der Waals surface area contributed by atoms with Crippen LogP contribution in [0.25, 0.3) is 0 Å². The number of nitrogens with zero attached hydrogens (tertiary/aromatic N) is 1.